The molecule has 1 heterocycles. The zero-order valence-corrected chi connectivity index (χ0v) is 7.48. The van der Waals surface area contributed by atoms with Crippen molar-refractivity contribution in [3.8, 4) is 0 Å². The van der Waals surface area contributed by atoms with E-state index in [4.69, 9.17) is 5.73 Å². The topological polar surface area (TPSA) is 110 Å². The smallest absolute Gasteiger partial charge is 0.237 e. The van der Waals surface area contributed by atoms with Gasteiger partial charge in [0.25, 0.3) is 0 Å². The first-order chi connectivity index (χ1) is 6.11. The normalized spacial score (nSPS) is 15.0. The minimum Gasteiger partial charge on any atom is -0.345 e. The molecular weight excluding hydrogens is 172 g/mol. The zero-order valence-electron chi connectivity index (χ0n) is 7.48. The third-order valence-corrected chi connectivity index (χ3v) is 1.52. The second-order valence-electron chi connectivity index (χ2n) is 2.79. The number of rotatable bonds is 3. The quantitative estimate of drug-likeness (QED) is 0.542. The summed E-state index contributed by atoms with van der Waals surface area (Å²) >= 11 is 0. The summed E-state index contributed by atoms with van der Waals surface area (Å²) in [5.41, 5.74) is 5.36. The van der Waals surface area contributed by atoms with Crippen LogP contribution in [0.25, 0.3) is 0 Å². The Hall–Kier alpha value is -1.50. The number of nitrogens with two attached hydrogens (primary N) is 1. The molecule has 0 spiro atoms. The predicted molar refractivity (Wildman–Crippen MR) is 44.4 cm³/mol. The van der Waals surface area contributed by atoms with Crippen LogP contribution in [-0.2, 0) is 4.79 Å². The average molecular weight is 184 g/mol. The molecule has 0 aliphatic heterocycles. The molecule has 1 rings (SSSR count). The Balaban J connectivity index is 2.51. The number of amides is 1. The van der Waals surface area contributed by atoms with Crippen molar-refractivity contribution >= 4 is 5.91 Å². The summed E-state index contributed by atoms with van der Waals surface area (Å²) in [5.74, 6) is 0.200. The third-order valence-electron chi connectivity index (χ3n) is 1.52. The van der Waals surface area contributed by atoms with E-state index in [0.717, 1.165) is 0 Å². The van der Waals surface area contributed by atoms with E-state index in [1.165, 1.54) is 0 Å². The number of carbonyl (C=O) groups excluding carboxylic acids is 1. The third kappa shape index (κ3) is 2.48. The minimum atomic E-state index is -0.533. The number of carbonyl (C=O) groups is 1. The standard InChI is InChI=1S/C6H12N6O/c1-3(7)6(13)8-4(2)5-9-11-12-10-5/h3-4H,7H2,1-2H3,(H,8,13)(H,9,10,11,12)/t3-,4?/m1/s1. The van der Waals surface area contributed by atoms with Gasteiger partial charge in [-0.1, -0.05) is 5.21 Å². The lowest BCUT2D eigenvalue weighted by molar-refractivity contribution is -0.122. The maximum Gasteiger partial charge on any atom is 0.237 e. The maximum atomic E-state index is 11.1. The Kier molecular flexibility index (Phi) is 2.91. The van der Waals surface area contributed by atoms with Crippen LogP contribution in [-0.4, -0.2) is 32.6 Å². The highest BCUT2D eigenvalue weighted by Gasteiger charge is 2.15. The molecule has 72 valence electrons. The van der Waals surface area contributed by atoms with Crippen molar-refractivity contribution in [3.05, 3.63) is 5.82 Å². The molecule has 0 fully saturated rings. The number of nitrogens with zero attached hydrogens (tertiary/aromatic N) is 3. The van der Waals surface area contributed by atoms with Crippen LogP contribution in [0, 0.1) is 0 Å². The largest absolute Gasteiger partial charge is 0.345 e. The number of aromatic amines is 1. The van der Waals surface area contributed by atoms with E-state index in [2.05, 4.69) is 25.9 Å². The molecule has 0 saturated heterocycles. The molecule has 0 aromatic carbocycles. The average Bonchev–Trinajstić information content (AvgIpc) is 2.55. The molecule has 0 saturated carbocycles. The van der Waals surface area contributed by atoms with Gasteiger partial charge in [0.15, 0.2) is 5.82 Å². The van der Waals surface area contributed by atoms with Crippen LogP contribution in [0.4, 0.5) is 0 Å². The fourth-order valence-corrected chi connectivity index (χ4v) is 0.762. The first-order valence-electron chi connectivity index (χ1n) is 3.90. The summed E-state index contributed by atoms with van der Waals surface area (Å²) < 4.78 is 0. The number of nitrogens with one attached hydrogen (secondary N) is 2. The van der Waals surface area contributed by atoms with E-state index in [0.29, 0.717) is 5.82 Å². The highest BCUT2D eigenvalue weighted by atomic mass is 16.2. The van der Waals surface area contributed by atoms with Crippen LogP contribution in [0.3, 0.4) is 0 Å². The molecule has 0 bridgehead atoms. The Bertz CT molecular complexity index is 269. The van der Waals surface area contributed by atoms with Gasteiger partial charge in [0.05, 0.1) is 12.1 Å². The summed E-state index contributed by atoms with van der Waals surface area (Å²) in [5, 5.41) is 15.8. The van der Waals surface area contributed by atoms with Crippen molar-refractivity contribution in [1.29, 1.82) is 0 Å². The Morgan fingerprint density at radius 1 is 1.62 bits per heavy atom. The van der Waals surface area contributed by atoms with Gasteiger partial charge >= 0.3 is 0 Å². The SMILES string of the molecule is CC(NC(=O)[C@@H](C)N)c1nn[nH]n1. The van der Waals surface area contributed by atoms with Gasteiger partial charge < -0.3 is 11.1 Å². The lowest BCUT2D eigenvalue weighted by Gasteiger charge is -2.11. The molecule has 1 aromatic heterocycles. The fraction of sp³-hybridized carbons (Fsp3) is 0.667. The van der Waals surface area contributed by atoms with Gasteiger partial charge in [0, 0.05) is 0 Å². The number of hydrogen-bond donors (Lipinski definition) is 3. The molecule has 0 aliphatic carbocycles. The van der Waals surface area contributed by atoms with Gasteiger partial charge in [-0.15, -0.1) is 10.2 Å². The van der Waals surface area contributed by atoms with Crippen molar-refractivity contribution < 1.29 is 4.79 Å². The number of H-pyrrole nitrogens is 1. The highest BCUT2D eigenvalue weighted by molar-refractivity contribution is 5.81. The van der Waals surface area contributed by atoms with E-state index in [-0.39, 0.29) is 11.9 Å². The molecule has 2 atom stereocenters. The lowest BCUT2D eigenvalue weighted by atomic mass is 10.2. The van der Waals surface area contributed by atoms with Gasteiger partial charge in [-0.05, 0) is 13.8 Å². The number of tetrazole rings is 1. The predicted octanol–water partition coefficient (Wildman–Crippen LogP) is -1.28. The van der Waals surface area contributed by atoms with Gasteiger partial charge in [-0.3, -0.25) is 4.79 Å². The van der Waals surface area contributed by atoms with Crippen LogP contribution in [0.2, 0.25) is 0 Å². The van der Waals surface area contributed by atoms with Gasteiger partial charge in [0.2, 0.25) is 5.91 Å². The lowest BCUT2D eigenvalue weighted by Crippen LogP contribution is -2.39. The Labute approximate surface area is 75.1 Å². The molecule has 7 heteroatoms. The Morgan fingerprint density at radius 3 is 2.77 bits per heavy atom. The van der Waals surface area contributed by atoms with Gasteiger partial charge in [-0.25, -0.2) is 0 Å². The van der Waals surface area contributed by atoms with Crippen LogP contribution >= 0.6 is 0 Å². The van der Waals surface area contributed by atoms with Crippen molar-refractivity contribution in [2.45, 2.75) is 25.9 Å². The molecule has 13 heavy (non-hydrogen) atoms. The van der Waals surface area contributed by atoms with Crippen molar-refractivity contribution in [2.24, 2.45) is 5.73 Å². The van der Waals surface area contributed by atoms with Gasteiger partial charge in [0.1, 0.15) is 0 Å². The summed E-state index contributed by atoms with van der Waals surface area (Å²) in [4.78, 5) is 11.1. The zero-order chi connectivity index (χ0) is 9.84. The number of hydrogen-bond acceptors (Lipinski definition) is 5. The van der Waals surface area contributed by atoms with E-state index in [9.17, 15) is 4.79 Å². The van der Waals surface area contributed by atoms with Crippen LogP contribution < -0.4 is 11.1 Å². The number of aromatic nitrogens is 4. The fourth-order valence-electron chi connectivity index (χ4n) is 0.762. The van der Waals surface area contributed by atoms with Crippen LogP contribution in [0.5, 0.6) is 0 Å². The molecule has 0 aliphatic rings. The van der Waals surface area contributed by atoms with Crippen molar-refractivity contribution in [3.63, 3.8) is 0 Å². The molecule has 1 aromatic rings. The summed E-state index contributed by atoms with van der Waals surface area (Å²) in [7, 11) is 0. The second kappa shape index (κ2) is 3.94. The molecule has 1 amide bonds. The van der Waals surface area contributed by atoms with Crippen LogP contribution in [0.15, 0.2) is 0 Å². The van der Waals surface area contributed by atoms with Crippen LogP contribution in [0.1, 0.15) is 25.7 Å². The molecular formula is C6H12N6O. The van der Waals surface area contributed by atoms with Gasteiger partial charge in [-0.2, -0.15) is 5.21 Å². The molecule has 0 radical (unpaired) electrons. The first-order valence-corrected chi connectivity index (χ1v) is 3.90. The van der Waals surface area contributed by atoms with E-state index in [1.54, 1.807) is 13.8 Å². The van der Waals surface area contributed by atoms with Crippen molar-refractivity contribution in [2.75, 3.05) is 0 Å². The van der Waals surface area contributed by atoms with E-state index in [1.807, 2.05) is 0 Å². The minimum absolute atomic E-state index is 0.239. The second-order valence-corrected chi connectivity index (χ2v) is 2.79. The molecule has 7 nitrogen and oxygen atoms in total. The summed E-state index contributed by atoms with van der Waals surface area (Å²) in [6.45, 7) is 3.36. The highest BCUT2D eigenvalue weighted by Crippen LogP contribution is 2.02. The maximum absolute atomic E-state index is 11.1. The monoisotopic (exact) mass is 184 g/mol. The Morgan fingerprint density at radius 2 is 2.31 bits per heavy atom. The first kappa shape index (κ1) is 9.59. The molecule has 1 unspecified atom stereocenters. The molecule has 4 N–H and O–H groups in total. The van der Waals surface area contributed by atoms with E-state index >= 15 is 0 Å². The van der Waals surface area contributed by atoms with Crippen molar-refractivity contribution in [1.82, 2.24) is 25.9 Å². The summed E-state index contributed by atoms with van der Waals surface area (Å²) in [6, 6.07) is -0.813. The van der Waals surface area contributed by atoms with E-state index < -0.39 is 6.04 Å². The summed E-state index contributed by atoms with van der Waals surface area (Å²) in [6.07, 6.45) is 0.